The maximum atomic E-state index is 2.32. The van der Waals surface area contributed by atoms with Crippen LogP contribution in [0, 0.1) is 0 Å². The molecule has 0 aromatic rings. The van der Waals surface area contributed by atoms with Gasteiger partial charge in [0.2, 0.25) is 0 Å². The summed E-state index contributed by atoms with van der Waals surface area (Å²) >= 11 is 22.1. The summed E-state index contributed by atoms with van der Waals surface area (Å²) in [5.41, 5.74) is 0. The minimum absolute atomic E-state index is 0.857. The van der Waals surface area contributed by atoms with Crippen molar-refractivity contribution < 1.29 is 0 Å². The Balaban J connectivity index is 1.13. The highest BCUT2D eigenvalue weighted by atomic mass is 32.2. The van der Waals surface area contributed by atoms with Crippen LogP contribution < -0.4 is 0 Å². The molecule has 30 heavy (non-hydrogen) atoms. The van der Waals surface area contributed by atoms with E-state index in [0.717, 1.165) is 31.5 Å². The van der Waals surface area contributed by atoms with Crippen LogP contribution in [0.1, 0.15) is 0 Å². The maximum absolute atomic E-state index is 2.32. The molecule has 0 N–H and O–H groups in total. The van der Waals surface area contributed by atoms with E-state index < -0.39 is 0 Å². The van der Waals surface area contributed by atoms with Gasteiger partial charge in [-0.1, -0.05) is 0 Å². The fraction of sp³-hybridized carbons (Fsp3) is 1.00. The van der Waals surface area contributed by atoms with Crippen molar-refractivity contribution in [2.45, 2.75) is 31.5 Å². The van der Waals surface area contributed by atoms with Gasteiger partial charge in [0.25, 0.3) is 0 Å². The molecule has 0 aromatic carbocycles. The van der Waals surface area contributed by atoms with Gasteiger partial charge in [-0.2, -0.15) is 118 Å². The molecular weight excluding hydrogens is 561 g/mol. The van der Waals surface area contributed by atoms with Crippen LogP contribution in [0.3, 0.4) is 0 Å². The summed E-state index contributed by atoms with van der Waals surface area (Å²) in [6.45, 7) is 0. The Morgan fingerprint density at radius 2 is 0.900 bits per heavy atom. The topological polar surface area (TPSA) is 0 Å². The van der Waals surface area contributed by atoms with E-state index in [1.807, 2.05) is 0 Å². The Bertz CT molecular complexity index is 447. The smallest absolute Gasteiger partial charge is 0.0229 e. The van der Waals surface area contributed by atoms with Crippen LogP contribution in [0.15, 0.2) is 0 Å². The van der Waals surface area contributed by atoms with Gasteiger partial charge in [-0.05, 0) is 0 Å². The summed E-state index contributed by atoms with van der Waals surface area (Å²) in [6, 6.07) is 0. The second-order valence-electron chi connectivity index (χ2n) is 7.96. The van der Waals surface area contributed by atoms with Gasteiger partial charge in [0.15, 0.2) is 0 Å². The third-order valence-corrected chi connectivity index (χ3v) is 18.3. The molecule has 4 fully saturated rings. The molecule has 0 amide bonds. The van der Waals surface area contributed by atoms with Crippen molar-refractivity contribution in [2.24, 2.45) is 0 Å². The third-order valence-electron chi connectivity index (χ3n) is 4.83. The summed E-state index contributed by atoms with van der Waals surface area (Å²) in [4.78, 5) is 0. The van der Waals surface area contributed by atoms with E-state index in [4.69, 9.17) is 0 Å². The summed E-state index contributed by atoms with van der Waals surface area (Å²) in [7, 11) is 0. The van der Waals surface area contributed by atoms with Crippen LogP contribution in [0.4, 0.5) is 0 Å². The lowest BCUT2D eigenvalue weighted by atomic mass is 10.5. The van der Waals surface area contributed by atoms with E-state index in [-0.39, 0.29) is 0 Å². The second-order valence-corrected chi connectivity index (χ2v) is 20.4. The van der Waals surface area contributed by atoms with Crippen molar-refractivity contribution >= 4 is 118 Å². The first kappa shape index (κ1) is 26.6. The Hall–Kier alpha value is 3.50. The van der Waals surface area contributed by atoms with E-state index in [1.165, 1.54) is 80.5 Å². The Kier molecular flexibility index (Phi) is 13.8. The molecule has 4 heterocycles. The molecule has 0 bridgehead atoms. The van der Waals surface area contributed by atoms with Gasteiger partial charge in [0.1, 0.15) is 0 Å². The first-order chi connectivity index (χ1) is 14.8. The molecule has 5 unspecified atom stereocenters. The van der Waals surface area contributed by atoms with Crippen LogP contribution in [0.25, 0.3) is 0 Å². The average molecular weight is 595 g/mol. The normalized spacial score (nSPS) is 30.8. The first-order valence-corrected chi connectivity index (χ1v) is 21.8. The molecule has 4 saturated heterocycles. The van der Waals surface area contributed by atoms with Crippen molar-refractivity contribution in [3.8, 4) is 0 Å². The van der Waals surface area contributed by atoms with E-state index in [1.54, 1.807) is 0 Å². The highest BCUT2D eigenvalue weighted by Gasteiger charge is 2.26. The molecule has 0 spiro atoms. The van der Waals surface area contributed by atoms with Crippen molar-refractivity contribution in [1.82, 2.24) is 0 Å². The minimum atomic E-state index is 0.857. The van der Waals surface area contributed by atoms with Gasteiger partial charge in [0, 0.05) is 112 Å². The van der Waals surface area contributed by atoms with Crippen molar-refractivity contribution in [1.29, 1.82) is 0 Å². The van der Waals surface area contributed by atoms with Gasteiger partial charge in [-0.15, -0.1) is 0 Å². The molecule has 174 valence electrons. The zero-order valence-corrected chi connectivity index (χ0v) is 25.6. The number of thioether (sulfide) groups is 10. The highest BCUT2D eigenvalue weighted by Crippen LogP contribution is 2.37. The molecular formula is C20H34S10. The van der Waals surface area contributed by atoms with Gasteiger partial charge in [-0.3, -0.25) is 0 Å². The van der Waals surface area contributed by atoms with E-state index in [9.17, 15) is 0 Å². The van der Waals surface area contributed by atoms with Crippen molar-refractivity contribution in [2.75, 3.05) is 80.5 Å². The molecule has 4 aliphatic rings. The first-order valence-electron chi connectivity index (χ1n) is 10.9. The molecule has 4 aliphatic heterocycles. The molecule has 0 aliphatic carbocycles. The minimum Gasteiger partial charge on any atom is -0.160 e. The Morgan fingerprint density at radius 1 is 0.500 bits per heavy atom. The number of hydrogen-bond donors (Lipinski definition) is 0. The van der Waals surface area contributed by atoms with E-state index in [0.29, 0.717) is 0 Å². The van der Waals surface area contributed by atoms with Crippen molar-refractivity contribution in [3.63, 3.8) is 0 Å². The number of hydrogen-bond acceptors (Lipinski definition) is 10. The third kappa shape index (κ3) is 13.6. The fourth-order valence-electron chi connectivity index (χ4n) is 2.67. The quantitative estimate of drug-likeness (QED) is 0.105. The lowest BCUT2D eigenvalue weighted by Gasteiger charge is -2.21. The summed E-state index contributed by atoms with van der Waals surface area (Å²) in [6.07, 6.45) is 0. The Labute approximate surface area is 227 Å². The molecule has 4 rings (SSSR count). The zero-order valence-electron chi connectivity index (χ0n) is 17.4. The lowest BCUT2D eigenvalue weighted by molar-refractivity contribution is 1.09. The Morgan fingerprint density at radius 3 is 1.33 bits per heavy atom. The van der Waals surface area contributed by atoms with E-state index >= 15 is 0 Å². The van der Waals surface area contributed by atoms with Crippen LogP contribution in [-0.4, -0.2) is 112 Å². The largest absolute Gasteiger partial charge is 0.160 e. The molecule has 0 nitrogen and oxygen atoms in total. The fourth-order valence-corrected chi connectivity index (χ4v) is 15.0. The van der Waals surface area contributed by atoms with Gasteiger partial charge in [0.05, 0.1) is 0 Å². The van der Waals surface area contributed by atoms with Crippen LogP contribution in [0.2, 0.25) is 0 Å². The van der Waals surface area contributed by atoms with E-state index in [2.05, 4.69) is 118 Å². The number of rotatable bonds is 21. The lowest BCUT2D eigenvalue weighted by Crippen LogP contribution is -2.19. The maximum Gasteiger partial charge on any atom is 0.0229 e. The molecule has 0 radical (unpaired) electrons. The second kappa shape index (κ2) is 15.6. The van der Waals surface area contributed by atoms with Crippen LogP contribution in [-0.2, 0) is 0 Å². The van der Waals surface area contributed by atoms with Gasteiger partial charge < -0.3 is 0 Å². The summed E-state index contributed by atoms with van der Waals surface area (Å²) in [5, 5.41) is 5.68. The predicted octanol–water partition coefficient (Wildman–Crippen LogP) is 6.58. The summed E-state index contributed by atoms with van der Waals surface area (Å²) in [5.74, 6) is 19.5. The van der Waals surface area contributed by atoms with Gasteiger partial charge >= 0.3 is 0 Å². The predicted molar refractivity (Wildman–Crippen MR) is 167 cm³/mol. The molecule has 10 heteroatoms. The zero-order chi connectivity index (χ0) is 20.4. The summed E-state index contributed by atoms with van der Waals surface area (Å²) < 4.78 is 0. The van der Waals surface area contributed by atoms with Gasteiger partial charge in [-0.25, -0.2) is 0 Å². The molecule has 0 aromatic heterocycles. The average Bonchev–Trinajstić information content (AvgIpc) is 3.54. The molecule has 0 saturated carbocycles. The van der Waals surface area contributed by atoms with Crippen LogP contribution >= 0.6 is 118 Å². The monoisotopic (exact) mass is 594 g/mol. The van der Waals surface area contributed by atoms with Crippen molar-refractivity contribution in [3.05, 3.63) is 0 Å². The molecule has 5 atom stereocenters. The standard InChI is InChI=1S/C20H34S10/c1(21-3-17-11-27-17)2-25-16(6-24-9-20-14-30-20)10-26-15(4-22-7-18-12-28-18)5-23-8-19-13-29-19/h15-20H,1-14H2. The van der Waals surface area contributed by atoms with Crippen LogP contribution in [0.5, 0.6) is 0 Å². The SMILES string of the molecule is C(CSC(CSCC1CS1)CSC(CSCC1CS1)CSCC1CS1)SCC1CS1. The highest BCUT2D eigenvalue weighted by molar-refractivity contribution is 8.11.